The summed E-state index contributed by atoms with van der Waals surface area (Å²) in [5.41, 5.74) is 1.47. The van der Waals surface area contributed by atoms with Crippen molar-refractivity contribution in [1.82, 2.24) is 4.90 Å². The molecule has 0 radical (unpaired) electrons. The second kappa shape index (κ2) is 6.47. The van der Waals surface area contributed by atoms with Gasteiger partial charge in [-0.25, -0.2) is 0 Å². The van der Waals surface area contributed by atoms with E-state index in [1.54, 1.807) is 12.1 Å². The number of piperidine rings is 2. The molecule has 116 valence electrons. The number of carbonyl (C=O) groups excluding carboxylic acids is 1. The van der Waals surface area contributed by atoms with E-state index in [4.69, 9.17) is 5.26 Å². The van der Waals surface area contributed by atoms with Gasteiger partial charge in [0.05, 0.1) is 23.8 Å². The summed E-state index contributed by atoms with van der Waals surface area (Å²) >= 11 is 0. The van der Waals surface area contributed by atoms with Crippen LogP contribution in [0.4, 0.5) is 5.69 Å². The Kier molecular flexibility index (Phi) is 4.41. The molecule has 1 atom stereocenters. The molecule has 2 heterocycles. The van der Waals surface area contributed by atoms with Crippen molar-refractivity contribution in [3.05, 3.63) is 29.8 Å². The standard InChI is InChI=1S/C17H21N3O2/c18-12-13-3-5-14(6-4-13)20-9-1-2-16(17(20)22)19-10-7-15(21)8-11-19/h3-6,15-16,21H,1-2,7-11H2. The fourth-order valence-electron chi connectivity index (χ4n) is 3.36. The molecule has 0 bridgehead atoms. The fraction of sp³-hybridized carbons (Fsp3) is 0.529. The number of anilines is 1. The van der Waals surface area contributed by atoms with Crippen molar-refractivity contribution < 1.29 is 9.90 Å². The van der Waals surface area contributed by atoms with Crippen molar-refractivity contribution in [3.63, 3.8) is 0 Å². The monoisotopic (exact) mass is 299 g/mol. The average Bonchev–Trinajstić information content (AvgIpc) is 2.56. The van der Waals surface area contributed by atoms with Crippen LogP contribution in [0.2, 0.25) is 0 Å². The van der Waals surface area contributed by atoms with Crippen LogP contribution in [0.25, 0.3) is 0 Å². The molecule has 5 nitrogen and oxygen atoms in total. The Bertz CT molecular complexity index is 571. The lowest BCUT2D eigenvalue weighted by Crippen LogP contribution is -2.54. The van der Waals surface area contributed by atoms with Crippen LogP contribution < -0.4 is 4.90 Å². The fourth-order valence-corrected chi connectivity index (χ4v) is 3.36. The number of benzene rings is 1. The minimum atomic E-state index is -0.218. The highest BCUT2D eigenvalue weighted by Gasteiger charge is 2.35. The Morgan fingerprint density at radius 2 is 1.77 bits per heavy atom. The van der Waals surface area contributed by atoms with E-state index in [-0.39, 0.29) is 18.1 Å². The van der Waals surface area contributed by atoms with Gasteiger partial charge >= 0.3 is 0 Å². The number of hydrogen-bond donors (Lipinski definition) is 1. The first-order valence-corrected chi connectivity index (χ1v) is 7.92. The third-order valence-electron chi connectivity index (χ3n) is 4.66. The van der Waals surface area contributed by atoms with E-state index in [1.165, 1.54) is 0 Å². The number of nitrogens with zero attached hydrogens (tertiary/aromatic N) is 3. The van der Waals surface area contributed by atoms with Crippen LogP contribution in [-0.4, -0.2) is 47.7 Å². The smallest absolute Gasteiger partial charge is 0.244 e. The average molecular weight is 299 g/mol. The van der Waals surface area contributed by atoms with Crippen molar-refractivity contribution in [2.75, 3.05) is 24.5 Å². The van der Waals surface area contributed by atoms with Gasteiger partial charge in [-0.3, -0.25) is 9.69 Å². The molecular formula is C17H21N3O2. The van der Waals surface area contributed by atoms with Crippen LogP contribution in [0.1, 0.15) is 31.2 Å². The minimum absolute atomic E-state index is 0.0723. The molecule has 2 fully saturated rings. The molecule has 2 aliphatic heterocycles. The Morgan fingerprint density at radius 1 is 1.09 bits per heavy atom. The van der Waals surface area contributed by atoms with Gasteiger partial charge in [0.25, 0.3) is 0 Å². The van der Waals surface area contributed by atoms with Gasteiger partial charge in [-0.2, -0.15) is 5.26 Å². The highest BCUT2D eigenvalue weighted by Crippen LogP contribution is 2.26. The summed E-state index contributed by atoms with van der Waals surface area (Å²) in [6.45, 7) is 2.31. The molecule has 0 spiro atoms. The van der Waals surface area contributed by atoms with Gasteiger partial charge in [-0.15, -0.1) is 0 Å². The second-order valence-electron chi connectivity index (χ2n) is 6.07. The van der Waals surface area contributed by atoms with E-state index in [0.717, 1.165) is 51.0 Å². The number of likely N-dealkylation sites (tertiary alicyclic amines) is 1. The Morgan fingerprint density at radius 3 is 2.41 bits per heavy atom. The zero-order valence-electron chi connectivity index (χ0n) is 12.6. The molecule has 1 aromatic rings. The molecule has 1 aromatic carbocycles. The molecular weight excluding hydrogens is 278 g/mol. The molecule has 3 rings (SSSR count). The van der Waals surface area contributed by atoms with Gasteiger partial charge < -0.3 is 10.0 Å². The number of aliphatic hydroxyl groups is 1. The molecule has 1 unspecified atom stereocenters. The maximum Gasteiger partial charge on any atom is 0.244 e. The lowest BCUT2D eigenvalue weighted by Gasteiger charge is -2.40. The molecule has 22 heavy (non-hydrogen) atoms. The number of aliphatic hydroxyl groups excluding tert-OH is 1. The van der Waals surface area contributed by atoms with Crippen molar-refractivity contribution in [3.8, 4) is 6.07 Å². The van der Waals surface area contributed by atoms with Gasteiger partial charge in [-0.05, 0) is 49.9 Å². The quantitative estimate of drug-likeness (QED) is 0.899. The zero-order valence-corrected chi connectivity index (χ0v) is 12.6. The lowest BCUT2D eigenvalue weighted by molar-refractivity contribution is -0.126. The number of carbonyl (C=O) groups is 1. The van der Waals surface area contributed by atoms with Crippen LogP contribution in [0.3, 0.4) is 0 Å². The van der Waals surface area contributed by atoms with Gasteiger partial charge in [0, 0.05) is 25.3 Å². The van der Waals surface area contributed by atoms with Gasteiger partial charge in [0.15, 0.2) is 0 Å². The van der Waals surface area contributed by atoms with Gasteiger partial charge in [0.2, 0.25) is 5.91 Å². The first-order valence-electron chi connectivity index (χ1n) is 7.92. The summed E-state index contributed by atoms with van der Waals surface area (Å²) in [5.74, 6) is 0.146. The molecule has 1 amide bonds. The van der Waals surface area contributed by atoms with Crippen molar-refractivity contribution in [2.45, 2.75) is 37.8 Å². The second-order valence-corrected chi connectivity index (χ2v) is 6.07. The number of nitriles is 1. The molecule has 0 aromatic heterocycles. The summed E-state index contributed by atoms with van der Waals surface area (Å²) in [6.07, 6.45) is 3.16. The normalized spacial score (nSPS) is 24.3. The van der Waals surface area contributed by atoms with E-state index in [0.29, 0.717) is 5.56 Å². The molecule has 2 saturated heterocycles. The van der Waals surface area contributed by atoms with E-state index in [2.05, 4.69) is 11.0 Å². The summed E-state index contributed by atoms with van der Waals surface area (Å²) in [7, 11) is 0. The van der Waals surface area contributed by atoms with Crippen LogP contribution in [0, 0.1) is 11.3 Å². The van der Waals surface area contributed by atoms with E-state index < -0.39 is 0 Å². The van der Waals surface area contributed by atoms with Crippen LogP contribution >= 0.6 is 0 Å². The zero-order chi connectivity index (χ0) is 15.5. The highest BCUT2D eigenvalue weighted by molar-refractivity contribution is 5.98. The maximum atomic E-state index is 12.8. The van der Waals surface area contributed by atoms with Crippen molar-refractivity contribution in [1.29, 1.82) is 5.26 Å². The first kappa shape index (κ1) is 15.0. The predicted octanol–water partition coefficient (Wildman–Crippen LogP) is 1.51. The number of amides is 1. The third kappa shape index (κ3) is 2.99. The van der Waals surface area contributed by atoms with Crippen molar-refractivity contribution in [2.24, 2.45) is 0 Å². The van der Waals surface area contributed by atoms with E-state index in [1.807, 2.05) is 17.0 Å². The summed E-state index contributed by atoms with van der Waals surface area (Å²) in [4.78, 5) is 16.9. The van der Waals surface area contributed by atoms with Gasteiger partial charge in [0.1, 0.15) is 0 Å². The Hall–Kier alpha value is -1.90. The molecule has 2 aliphatic rings. The highest BCUT2D eigenvalue weighted by atomic mass is 16.3. The molecule has 1 N–H and O–H groups in total. The Labute approximate surface area is 130 Å². The molecule has 0 saturated carbocycles. The molecule has 0 aliphatic carbocycles. The Balaban J connectivity index is 1.73. The van der Waals surface area contributed by atoms with E-state index in [9.17, 15) is 9.90 Å². The van der Waals surface area contributed by atoms with E-state index >= 15 is 0 Å². The minimum Gasteiger partial charge on any atom is -0.393 e. The summed E-state index contributed by atoms with van der Waals surface area (Å²) < 4.78 is 0. The summed E-state index contributed by atoms with van der Waals surface area (Å²) in [6, 6.07) is 9.22. The van der Waals surface area contributed by atoms with Gasteiger partial charge in [-0.1, -0.05) is 0 Å². The predicted molar refractivity (Wildman–Crippen MR) is 83.3 cm³/mol. The number of rotatable bonds is 2. The largest absolute Gasteiger partial charge is 0.393 e. The van der Waals surface area contributed by atoms with Crippen molar-refractivity contribution >= 4 is 11.6 Å². The maximum absolute atomic E-state index is 12.8. The topological polar surface area (TPSA) is 67.6 Å². The van der Waals surface area contributed by atoms with Crippen LogP contribution in [0.5, 0.6) is 0 Å². The third-order valence-corrected chi connectivity index (χ3v) is 4.66. The number of hydrogen-bond acceptors (Lipinski definition) is 4. The summed E-state index contributed by atoms with van der Waals surface area (Å²) in [5, 5.41) is 18.5. The first-order chi connectivity index (χ1) is 10.7. The lowest BCUT2D eigenvalue weighted by atomic mass is 9.98. The SMILES string of the molecule is N#Cc1ccc(N2CCCC(N3CCC(O)CC3)C2=O)cc1. The molecule has 5 heteroatoms. The van der Waals surface area contributed by atoms with Crippen LogP contribution in [0.15, 0.2) is 24.3 Å². The van der Waals surface area contributed by atoms with Crippen LogP contribution in [-0.2, 0) is 4.79 Å².